The Balaban J connectivity index is 1.70. The van der Waals surface area contributed by atoms with Crippen LogP contribution in [-0.2, 0) is 16.2 Å². The Hall–Kier alpha value is -2.80. The molecule has 1 aliphatic heterocycles. The van der Waals surface area contributed by atoms with Crippen molar-refractivity contribution >= 4 is 27.4 Å². The van der Waals surface area contributed by atoms with Crippen molar-refractivity contribution in [1.29, 1.82) is 0 Å². The number of nitrogens with one attached hydrogen (secondary N) is 1. The Kier molecular flexibility index (Phi) is 5.16. The maximum Gasteiger partial charge on any atom is 0.417 e. The van der Waals surface area contributed by atoms with Crippen LogP contribution in [0.5, 0.6) is 0 Å². The zero-order valence-corrected chi connectivity index (χ0v) is 17.1. The molecule has 172 valence electrons. The molecule has 2 unspecified atom stereocenters. The van der Waals surface area contributed by atoms with Crippen LogP contribution in [0.2, 0.25) is 0 Å². The minimum Gasteiger partial charge on any atom is -0.352 e. The minimum absolute atomic E-state index is 0.0284. The molecule has 1 amide bonds. The molecule has 1 saturated carbocycles. The SMILES string of the molecule is NS(=O)(=O)c1cccc(NC(=O)c2cc(C(F)(F)F)cnc2N2CC3CC2CC3(F)F)c1. The van der Waals surface area contributed by atoms with Gasteiger partial charge in [-0.15, -0.1) is 0 Å². The highest BCUT2D eigenvalue weighted by Gasteiger charge is 2.56. The lowest BCUT2D eigenvalue weighted by atomic mass is 10.0. The van der Waals surface area contributed by atoms with Crippen molar-refractivity contribution < 1.29 is 35.2 Å². The lowest BCUT2D eigenvalue weighted by Crippen LogP contribution is -2.42. The van der Waals surface area contributed by atoms with Gasteiger partial charge in [0.15, 0.2) is 0 Å². The van der Waals surface area contributed by atoms with Gasteiger partial charge in [-0.25, -0.2) is 27.3 Å². The average molecular weight is 476 g/mol. The van der Waals surface area contributed by atoms with Gasteiger partial charge in [-0.3, -0.25) is 4.79 Å². The van der Waals surface area contributed by atoms with Gasteiger partial charge in [-0.05, 0) is 30.7 Å². The van der Waals surface area contributed by atoms with Gasteiger partial charge in [0.1, 0.15) is 5.82 Å². The van der Waals surface area contributed by atoms with Gasteiger partial charge >= 0.3 is 6.18 Å². The van der Waals surface area contributed by atoms with E-state index in [-0.39, 0.29) is 29.4 Å². The number of piperidine rings is 1. The highest BCUT2D eigenvalue weighted by molar-refractivity contribution is 7.89. The van der Waals surface area contributed by atoms with Crippen molar-refractivity contribution in [2.75, 3.05) is 16.8 Å². The van der Waals surface area contributed by atoms with E-state index in [2.05, 4.69) is 10.3 Å². The number of hydrogen-bond donors (Lipinski definition) is 2. The molecule has 13 heteroatoms. The second-order valence-electron chi connectivity index (χ2n) is 7.82. The van der Waals surface area contributed by atoms with Crippen LogP contribution in [0.25, 0.3) is 0 Å². The highest BCUT2D eigenvalue weighted by Crippen LogP contribution is 2.49. The van der Waals surface area contributed by atoms with Gasteiger partial charge < -0.3 is 10.2 Å². The number of amides is 1. The Bertz CT molecular complexity index is 1190. The molecule has 7 nitrogen and oxygen atoms in total. The number of carbonyl (C=O) groups excluding carboxylic acids is 1. The Labute approximate surface area is 179 Å². The number of aromatic nitrogens is 1. The number of sulfonamides is 1. The van der Waals surface area contributed by atoms with E-state index in [0.29, 0.717) is 12.3 Å². The summed E-state index contributed by atoms with van der Waals surface area (Å²) in [6, 6.07) is 4.80. The van der Waals surface area contributed by atoms with Crippen molar-refractivity contribution in [2.24, 2.45) is 11.1 Å². The number of nitrogens with zero attached hydrogens (tertiary/aromatic N) is 2. The van der Waals surface area contributed by atoms with Crippen LogP contribution in [0, 0.1) is 5.92 Å². The molecule has 1 saturated heterocycles. The number of anilines is 2. The molecule has 32 heavy (non-hydrogen) atoms. The van der Waals surface area contributed by atoms with E-state index in [1.807, 2.05) is 0 Å². The van der Waals surface area contributed by atoms with E-state index in [9.17, 15) is 35.2 Å². The molecule has 0 spiro atoms. The number of rotatable bonds is 4. The van der Waals surface area contributed by atoms with Crippen molar-refractivity contribution in [3.63, 3.8) is 0 Å². The van der Waals surface area contributed by atoms with Crippen molar-refractivity contribution in [3.8, 4) is 0 Å². The van der Waals surface area contributed by atoms with Crippen LogP contribution in [0.3, 0.4) is 0 Å². The first-order valence-electron chi connectivity index (χ1n) is 9.41. The molecule has 1 aromatic heterocycles. The number of halogens is 5. The lowest BCUT2D eigenvalue weighted by Gasteiger charge is -2.33. The smallest absolute Gasteiger partial charge is 0.352 e. The molecule has 2 bridgehead atoms. The van der Waals surface area contributed by atoms with Crippen LogP contribution in [-0.4, -0.2) is 37.8 Å². The van der Waals surface area contributed by atoms with E-state index in [4.69, 9.17) is 5.14 Å². The summed E-state index contributed by atoms with van der Waals surface area (Å²) < 4.78 is 90.5. The molecule has 0 radical (unpaired) electrons. The molecule has 2 aromatic rings. The first-order chi connectivity index (χ1) is 14.8. The molecular weight excluding hydrogens is 459 g/mol. The van der Waals surface area contributed by atoms with E-state index in [1.165, 1.54) is 23.1 Å². The largest absolute Gasteiger partial charge is 0.417 e. The first kappa shape index (κ1) is 22.4. The molecule has 4 rings (SSSR count). The summed E-state index contributed by atoms with van der Waals surface area (Å²) in [5.74, 6) is -4.98. The maximum absolute atomic E-state index is 13.9. The summed E-state index contributed by atoms with van der Waals surface area (Å²) in [5.41, 5.74) is -1.67. The number of alkyl halides is 5. The zero-order valence-electron chi connectivity index (χ0n) is 16.2. The van der Waals surface area contributed by atoms with Crippen LogP contribution >= 0.6 is 0 Å². The van der Waals surface area contributed by atoms with Crippen molar-refractivity contribution in [1.82, 2.24) is 4.98 Å². The molecular formula is C19H17F5N4O3S. The standard InChI is InChI=1S/C19H17F5N4O3S/c20-18(21)7-13-4-11(18)9-28(13)16-15(5-10(8-26-16)19(22,23)24)17(29)27-12-2-1-3-14(6-12)32(25,30)31/h1-3,5-6,8,11,13H,4,7,9H2,(H,27,29)(H2,25,30,31). The molecule has 2 fully saturated rings. The summed E-state index contributed by atoms with van der Waals surface area (Å²) in [5, 5.41) is 7.39. The van der Waals surface area contributed by atoms with E-state index in [0.717, 1.165) is 6.07 Å². The van der Waals surface area contributed by atoms with Gasteiger partial charge in [0.05, 0.1) is 16.0 Å². The molecule has 2 heterocycles. The molecule has 1 aliphatic carbocycles. The van der Waals surface area contributed by atoms with Gasteiger partial charge in [-0.2, -0.15) is 13.2 Å². The third-order valence-electron chi connectivity index (χ3n) is 5.65. The fraction of sp³-hybridized carbons (Fsp3) is 0.368. The van der Waals surface area contributed by atoms with Gasteiger partial charge in [0.2, 0.25) is 10.0 Å². The molecule has 3 N–H and O–H groups in total. The lowest BCUT2D eigenvalue weighted by molar-refractivity contribution is -0.137. The number of carbonyl (C=O) groups is 1. The number of fused-ring (bicyclic) bond motifs is 2. The fourth-order valence-electron chi connectivity index (χ4n) is 4.11. The normalized spacial score (nSPS) is 22.2. The van der Waals surface area contributed by atoms with Gasteiger partial charge in [0.25, 0.3) is 11.8 Å². The van der Waals surface area contributed by atoms with Gasteiger partial charge in [-0.1, -0.05) is 6.07 Å². The Morgan fingerprint density at radius 1 is 1.25 bits per heavy atom. The summed E-state index contributed by atoms with van der Waals surface area (Å²) in [7, 11) is -4.08. The average Bonchev–Trinajstić information content (AvgIpc) is 3.22. The summed E-state index contributed by atoms with van der Waals surface area (Å²) in [6.07, 6.45) is -4.56. The van der Waals surface area contributed by atoms with E-state index >= 15 is 0 Å². The molecule has 2 aliphatic rings. The minimum atomic E-state index is -4.79. The third kappa shape index (κ3) is 4.13. The number of benzene rings is 1. The Morgan fingerprint density at radius 2 is 1.97 bits per heavy atom. The van der Waals surface area contributed by atoms with Crippen molar-refractivity contribution in [2.45, 2.75) is 35.9 Å². The fourth-order valence-corrected chi connectivity index (χ4v) is 4.67. The molecule has 2 atom stereocenters. The summed E-state index contributed by atoms with van der Waals surface area (Å²) in [6.45, 7) is -0.142. The maximum atomic E-state index is 13.9. The highest BCUT2D eigenvalue weighted by atomic mass is 32.2. The number of primary sulfonamides is 1. The molecule has 1 aromatic carbocycles. The van der Waals surface area contributed by atoms with Crippen LogP contribution in [0.4, 0.5) is 33.5 Å². The second kappa shape index (κ2) is 7.37. The number of nitrogens with two attached hydrogens (primary N) is 1. The van der Waals surface area contributed by atoms with Gasteiger partial charge in [0, 0.05) is 36.8 Å². The summed E-state index contributed by atoms with van der Waals surface area (Å²) >= 11 is 0. The van der Waals surface area contributed by atoms with Crippen LogP contribution < -0.4 is 15.4 Å². The first-order valence-corrected chi connectivity index (χ1v) is 11.0. The van der Waals surface area contributed by atoms with Crippen molar-refractivity contribution in [3.05, 3.63) is 47.7 Å². The predicted octanol–water partition coefficient (Wildman–Crippen LogP) is 3.23. The number of pyridine rings is 1. The topological polar surface area (TPSA) is 105 Å². The predicted molar refractivity (Wildman–Crippen MR) is 104 cm³/mol. The van der Waals surface area contributed by atoms with E-state index < -0.39 is 57.5 Å². The Morgan fingerprint density at radius 3 is 2.53 bits per heavy atom. The number of hydrogen-bond acceptors (Lipinski definition) is 5. The third-order valence-corrected chi connectivity index (χ3v) is 6.56. The van der Waals surface area contributed by atoms with Crippen LogP contribution in [0.15, 0.2) is 41.4 Å². The quantitative estimate of drug-likeness (QED) is 0.660. The van der Waals surface area contributed by atoms with E-state index in [1.54, 1.807) is 0 Å². The summed E-state index contributed by atoms with van der Waals surface area (Å²) in [4.78, 5) is 17.8. The second-order valence-corrected chi connectivity index (χ2v) is 9.39. The zero-order chi connectivity index (χ0) is 23.5. The van der Waals surface area contributed by atoms with Crippen LogP contribution in [0.1, 0.15) is 28.8 Å². The monoisotopic (exact) mass is 476 g/mol.